The minimum absolute atomic E-state index is 0.0877. The molecule has 21 heavy (non-hydrogen) atoms. The van der Waals surface area contributed by atoms with E-state index in [1.807, 2.05) is 6.92 Å². The zero-order valence-corrected chi connectivity index (χ0v) is 14.2. The molecule has 1 fully saturated rings. The third kappa shape index (κ3) is 3.58. The maximum Gasteiger partial charge on any atom is 0.243 e. The van der Waals surface area contributed by atoms with E-state index >= 15 is 0 Å². The second-order valence-corrected chi connectivity index (χ2v) is 8.99. The van der Waals surface area contributed by atoms with Crippen molar-refractivity contribution in [2.24, 2.45) is 5.41 Å². The molecule has 0 unspecified atom stereocenters. The van der Waals surface area contributed by atoms with Gasteiger partial charge in [-0.25, -0.2) is 8.42 Å². The summed E-state index contributed by atoms with van der Waals surface area (Å²) in [5, 5.41) is 0. The van der Waals surface area contributed by atoms with E-state index in [1.54, 1.807) is 25.2 Å². The molecule has 0 saturated heterocycles. The van der Waals surface area contributed by atoms with Gasteiger partial charge in [-0.15, -0.1) is 0 Å². The van der Waals surface area contributed by atoms with Gasteiger partial charge in [-0.2, -0.15) is 4.31 Å². The summed E-state index contributed by atoms with van der Waals surface area (Å²) in [4.78, 5) is 0.298. The van der Waals surface area contributed by atoms with E-state index < -0.39 is 10.0 Å². The molecule has 118 valence electrons. The molecule has 2 rings (SSSR count). The lowest BCUT2D eigenvalue weighted by Crippen LogP contribution is -2.40. The van der Waals surface area contributed by atoms with Crippen LogP contribution in [-0.2, 0) is 10.0 Å². The molecule has 1 aromatic carbocycles. The summed E-state index contributed by atoms with van der Waals surface area (Å²) in [6.45, 7) is 6.36. The van der Waals surface area contributed by atoms with Gasteiger partial charge in [-0.05, 0) is 61.8 Å². The smallest absolute Gasteiger partial charge is 0.243 e. The third-order valence-electron chi connectivity index (χ3n) is 4.57. The lowest BCUT2D eigenvalue weighted by molar-refractivity contribution is 0.174. The van der Waals surface area contributed by atoms with Crippen molar-refractivity contribution in [3.05, 3.63) is 23.8 Å². The lowest BCUT2D eigenvalue weighted by atomic mass is 9.76. The minimum atomic E-state index is -3.47. The van der Waals surface area contributed by atoms with E-state index in [-0.39, 0.29) is 6.04 Å². The van der Waals surface area contributed by atoms with Gasteiger partial charge in [-0.3, -0.25) is 0 Å². The van der Waals surface area contributed by atoms with Gasteiger partial charge in [0.2, 0.25) is 10.0 Å². The maximum absolute atomic E-state index is 12.8. The molecule has 4 nitrogen and oxygen atoms in total. The predicted molar refractivity (Wildman–Crippen MR) is 86.6 cm³/mol. The predicted octanol–water partition coefficient (Wildman–Crippen LogP) is 3.17. The topological polar surface area (TPSA) is 63.4 Å². The van der Waals surface area contributed by atoms with Crippen LogP contribution in [0.25, 0.3) is 0 Å². The molecule has 0 atom stereocenters. The van der Waals surface area contributed by atoms with Crippen LogP contribution in [0.4, 0.5) is 5.69 Å². The molecule has 1 aromatic rings. The fourth-order valence-electron chi connectivity index (χ4n) is 3.04. The monoisotopic (exact) mass is 310 g/mol. The van der Waals surface area contributed by atoms with Crippen molar-refractivity contribution in [3.8, 4) is 0 Å². The van der Waals surface area contributed by atoms with Crippen molar-refractivity contribution in [2.45, 2.75) is 57.4 Å². The second-order valence-electron chi connectivity index (χ2n) is 7.00. The van der Waals surface area contributed by atoms with E-state index in [0.717, 1.165) is 31.2 Å². The number of anilines is 1. The van der Waals surface area contributed by atoms with Crippen LogP contribution < -0.4 is 5.73 Å². The van der Waals surface area contributed by atoms with Crippen molar-refractivity contribution in [1.82, 2.24) is 4.31 Å². The van der Waals surface area contributed by atoms with Gasteiger partial charge in [0.25, 0.3) is 0 Å². The number of hydrogen-bond acceptors (Lipinski definition) is 3. The van der Waals surface area contributed by atoms with Crippen LogP contribution in [-0.4, -0.2) is 25.8 Å². The first-order chi connectivity index (χ1) is 9.62. The van der Waals surface area contributed by atoms with E-state index in [4.69, 9.17) is 5.73 Å². The fraction of sp³-hybridized carbons (Fsp3) is 0.625. The minimum Gasteiger partial charge on any atom is -0.399 e. The van der Waals surface area contributed by atoms with Crippen molar-refractivity contribution in [3.63, 3.8) is 0 Å². The van der Waals surface area contributed by atoms with Crippen LogP contribution in [0.5, 0.6) is 0 Å². The number of rotatable bonds is 3. The molecule has 0 amide bonds. The highest BCUT2D eigenvalue weighted by Crippen LogP contribution is 2.37. The molecule has 1 aliphatic carbocycles. The van der Waals surface area contributed by atoms with Crippen LogP contribution in [0.3, 0.4) is 0 Å². The molecule has 0 radical (unpaired) electrons. The first-order valence-electron chi connectivity index (χ1n) is 7.47. The number of nitrogen functional groups attached to an aromatic ring is 1. The number of nitrogens with two attached hydrogens (primary N) is 1. The molecule has 0 spiro atoms. The van der Waals surface area contributed by atoms with Gasteiger partial charge < -0.3 is 5.73 Å². The number of sulfonamides is 1. The van der Waals surface area contributed by atoms with Crippen LogP contribution >= 0.6 is 0 Å². The van der Waals surface area contributed by atoms with E-state index in [0.29, 0.717) is 16.0 Å². The second kappa shape index (κ2) is 5.61. The molecular formula is C16H26N2O2S. The maximum atomic E-state index is 12.8. The van der Waals surface area contributed by atoms with Crippen molar-refractivity contribution >= 4 is 15.7 Å². The summed E-state index contributed by atoms with van der Waals surface area (Å²) in [7, 11) is -1.78. The highest BCUT2D eigenvalue weighted by Gasteiger charge is 2.34. The Kier molecular flexibility index (Phi) is 4.36. The first kappa shape index (κ1) is 16.3. The number of nitrogens with zero attached hydrogens (tertiary/aromatic N) is 1. The Hall–Kier alpha value is -1.07. The van der Waals surface area contributed by atoms with Gasteiger partial charge in [-0.1, -0.05) is 13.8 Å². The van der Waals surface area contributed by atoms with Gasteiger partial charge in [0.15, 0.2) is 0 Å². The van der Waals surface area contributed by atoms with Gasteiger partial charge in [0, 0.05) is 18.8 Å². The number of hydrogen-bond donors (Lipinski definition) is 1. The van der Waals surface area contributed by atoms with Gasteiger partial charge in [0.1, 0.15) is 0 Å². The quantitative estimate of drug-likeness (QED) is 0.872. The van der Waals surface area contributed by atoms with Crippen LogP contribution in [0.2, 0.25) is 0 Å². The third-order valence-corrected chi connectivity index (χ3v) is 6.46. The lowest BCUT2D eigenvalue weighted by Gasteiger charge is -2.38. The fourth-order valence-corrected chi connectivity index (χ4v) is 4.59. The summed E-state index contributed by atoms with van der Waals surface area (Å²) in [6.07, 6.45) is 3.97. The Morgan fingerprint density at radius 3 is 2.29 bits per heavy atom. The molecule has 0 aromatic heterocycles. The Morgan fingerprint density at radius 1 is 1.19 bits per heavy atom. The molecule has 1 saturated carbocycles. The van der Waals surface area contributed by atoms with Crippen LogP contribution in [0, 0.1) is 12.3 Å². The standard InChI is InChI=1S/C16H26N2O2S/c1-12-9-13(17)11-15(10-12)21(19,20)18(4)14-5-7-16(2,3)8-6-14/h9-11,14H,5-8,17H2,1-4H3. The van der Waals surface area contributed by atoms with Crippen molar-refractivity contribution in [2.75, 3.05) is 12.8 Å². The highest BCUT2D eigenvalue weighted by atomic mass is 32.2. The first-order valence-corrected chi connectivity index (χ1v) is 8.91. The highest BCUT2D eigenvalue weighted by molar-refractivity contribution is 7.89. The number of benzene rings is 1. The summed E-state index contributed by atoms with van der Waals surface area (Å²) in [6, 6.07) is 5.10. The molecule has 0 aliphatic heterocycles. The van der Waals surface area contributed by atoms with E-state index in [2.05, 4.69) is 13.8 Å². The van der Waals surface area contributed by atoms with Crippen LogP contribution in [0.15, 0.2) is 23.1 Å². The van der Waals surface area contributed by atoms with Crippen LogP contribution in [0.1, 0.15) is 45.1 Å². The molecular weight excluding hydrogens is 284 g/mol. The Bertz CT molecular complexity index is 593. The zero-order chi connectivity index (χ0) is 15.8. The molecule has 1 aliphatic rings. The Morgan fingerprint density at radius 2 is 1.76 bits per heavy atom. The molecule has 0 bridgehead atoms. The largest absolute Gasteiger partial charge is 0.399 e. The van der Waals surface area contributed by atoms with E-state index in [9.17, 15) is 8.42 Å². The Balaban J connectivity index is 2.23. The SMILES string of the molecule is Cc1cc(N)cc(S(=O)(=O)N(C)C2CCC(C)(C)CC2)c1. The summed E-state index contributed by atoms with van der Waals surface area (Å²) in [5.74, 6) is 0. The summed E-state index contributed by atoms with van der Waals surface area (Å²) in [5.41, 5.74) is 7.48. The average molecular weight is 310 g/mol. The summed E-state index contributed by atoms with van der Waals surface area (Å²) >= 11 is 0. The Labute approximate surface area is 128 Å². The molecule has 5 heteroatoms. The summed E-state index contributed by atoms with van der Waals surface area (Å²) < 4.78 is 27.1. The average Bonchev–Trinajstić information content (AvgIpc) is 2.36. The zero-order valence-electron chi connectivity index (χ0n) is 13.4. The molecule has 0 heterocycles. The number of aryl methyl sites for hydroxylation is 1. The van der Waals surface area contributed by atoms with Crippen molar-refractivity contribution < 1.29 is 8.42 Å². The molecule has 2 N–H and O–H groups in total. The van der Waals surface area contributed by atoms with E-state index in [1.165, 1.54) is 4.31 Å². The van der Waals surface area contributed by atoms with Crippen molar-refractivity contribution in [1.29, 1.82) is 0 Å². The van der Waals surface area contributed by atoms with Gasteiger partial charge in [0.05, 0.1) is 4.90 Å². The normalized spacial score (nSPS) is 19.9. The van der Waals surface area contributed by atoms with Gasteiger partial charge >= 0.3 is 0 Å².